The average molecular weight is 245 g/mol. The molecular weight excluding hydrogens is 228 g/mol. The van der Waals surface area contributed by atoms with E-state index in [2.05, 4.69) is 5.32 Å². The van der Waals surface area contributed by atoms with Crippen LogP contribution >= 0.6 is 12.4 Å². The van der Waals surface area contributed by atoms with Gasteiger partial charge in [-0.3, -0.25) is 4.79 Å². The summed E-state index contributed by atoms with van der Waals surface area (Å²) in [4.78, 5) is 13.5. The number of hydrogen-bond donors (Lipinski definition) is 2. The highest BCUT2D eigenvalue weighted by Crippen LogP contribution is 2.14. The normalized spacial score (nSPS) is 9.69. The lowest BCUT2D eigenvalue weighted by Crippen LogP contribution is -2.31. The second-order valence-corrected chi connectivity index (χ2v) is 3.58. The van der Waals surface area contributed by atoms with Crippen LogP contribution in [0.25, 0.3) is 0 Å². The molecular formula is C11H17ClN2O2. The van der Waals surface area contributed by atoms with E-state index in [0.29, 0.717) is 12.1 Å². The van der Waals surface area contributed by atoms with Gasteiger partial charge in [0.05, 0.1) is 5.56 Å². The number of phenolic OH excluding ortho intramolecular Hbond substituents is 1. The van der Waals surface area contributed by atoms with Gasteiger partial charge in [0.25, 0.3) is 5.91 Å². The van der Waals surface area contributed by atoms with Gasteiger partial charge in [-0.1, -0.05) is 12.1 Å². The van der Waals surface area contributed by atoms with E-state index in [-0.39, 0.29) is 24.1 Å². The van der Waals surface area contributed by atoms with Gasteiger partial charge in [-0.25, -0.2) is 0 Å². The second-order valence-electron chi connectivity index (χ2n) is 3.58. The summed E-state index contributed by atoms with van der Waals surface area (Å²) in [5.74, 6) is -0.227. The lowest BCUT2D eigenvalue weighted by molar-refractivity contribution is 0.0948. The molecule has 0 fully saturated rings. The van der Waals surface area contributed by atoms with Crippen molar-refractivity contribution >= 4 is 18.3 Å². The molecule has 1 amide bonds. The minimum atomic E-state index is -0.241. The molecule has 5 heteroatoms. The standard InChI is InChI=1S/C11H16N2O2.ClH/c1-13(2)8-7-12-11(15)9-5-3-4-6-10(9)14;/h3-6,14H,7-8H2,1-2H3,(H,12,15);1H. The fourth-order valence-electron chi connectivity index (χ4n) is 1.15. The van der Waals surface area contributed by atoms with Crippen LogP contribution in [0.4, 0.5) is 0 Å². The monoisotopic (exact) mass is 244 g/mol. The third kappa shape index (κ3) is 4.51. The van der Waals surface area contributed by atoms with Gasteiger partial charge < -0.3 is 15.3 Å². The van der Waals surface area contributed by atoms with E-state index in [1.54, 1.807) is 18.2 Å². The number of halogens is 1. The van der Waals surface area contributed by atoms with E-state index in [1.807, 2.05) is 19.0 Å². The predicted octanol–water partition coefficient (Wildman–Crippen LogP) is 1.11. The summed E-state index contributed by atoms with van der Waals surface area (Å²) < 4.78 is 0. The predicted molar refractivity (Wildman–Crippen MR) is 66.2 cm³/mol. The van der Waals surface area contributed by atoms with E-state index >= 15 is 0 Å². The summed E-state index contributed by atoms with van der Waals surface area (Å²) in [6.07, 6.45) is 0. The van der Waals surface area contributed by atoms with Crippen molar-refractivity contribution in [1.82, 2.24) is 10.2 Å². The van der Waals surface area contributed by atoms with Gasteiger partial charge in [0.2, 0.25) is 0 Å². The third-order valence-electron chi connectivity index (χ3n) is 1.99. The maximum absolute atomic E-state index is 11.6. The Hall–Kier alpha value is -1.26. The number of benzene rings is 1. The number of rotatable bonds is 4. The molecule has 0 aliphatic heterocycles. The number of phenols is 1. The molecule has 0 unspecified atom stereocenters. The quantitative estimate of drug-likeness (QED) is 0.834. The van der Waals surface area contributed by atoms with Crippen LogP contribution in [0.15, 0.2) is 24.3 Å². The second kappa shape index (κ2) is 7.09. The summed E-state index contributed by atoms with van der Waals surface area (Å²) in [7, 11) is 3.87. The molecule has 4 nitrogen and oxygen atoms in total. The van der Waals surface area contributed by atoms with Crippen LogP contribution in [-0.4, -0.2) is 43.1 Å². The molecule has 90 valence electrons. The van der Waals surface area contributed by atoms with Crippen LogP contribution < -0.4 is 5.32 Å². The fraction of sp³-hybridized carbons (Fsp3) is 0.364. The molecule has 0 aromatic heterocycles. The van der Waals surface area contributed by atoms with Crippen LogP contribution in [0, 0.1) is 0 Å². The summed E-state index contributed by atoms with van der Waals surface area (Å²) in [6, 6.07) is 6.51. The third-order valence-corrected chi connectivity index (χ3v) is 1.99. The maximum atomic E-state index is 11.6. The molecule has 0 spiro atoms. The first kappa shape index (κ1) is 14.7. The van der Waals surface area contributed by atoms with E-state index in [4.69, 9.17) is 0 Å². The minimum Gasteiger partial charge on any atom is -0.507 e. The van der Waals surface area contributed by atoms with Crippen molar-refractivity contribution in [3.63, 3.8) is 0 Å². The Balaban J connectivity index is 0.00000225. The molecule has 2 N–H and O–H groups in total. The summed E-state index contributed by atoms with van der Waals surface area (Å²) >= 11 is 0. The largest absolute Gasteiger partial charge is 0.507 e. The number of carbonyl (C=O) groups is 1. The molecule has 0 saturated heterocycles. The Bertz CT molecular complexity index is 343. The average Bonchev–Trinajstić information content (AvgIpc) is 2.17. The smallest absolute Gasteiger partial charge is 0.255 e. The number of aromatic hydroxyl groups is 1. The number of likely N-dealkylation sites (N-methyl/N-ethyl adjacent to an activating group) is 1. The van der Waals surface area contributed by atoms with E-state index in [9.17, 15) is 9.90 Å². The summed E-state index contributed by atoms with van der Waals surface area (Å²) in [6.45, 7) is 1.35. The highest BCUT2D eigenvalue weighted by atomic mass is 35.5. The molecule has 0 aliphatic rings. The van der Waals surface area contributed by atoms with Crippen LogP contribution in [0.2, 0.25) is 0 Å². The highest BCUT2D eigenvalue weighted by molar-refractivity contribution is 5.96. The topological polar surface area (TPSA) is 52.6 Å². The molecule has 0 heterocycles. The molecule has 0 aliphatic carbocycles. The first-order valence-corrected chi connectivity index (χ1v) is 4.82. The van der Waals surface area contributed by atoms with Crippen molar-refractivity contribution in [2.24, 2.45) is 0 Å². The van der Waals surface area contributed by atoms with E-state index in [0.717, 1.165) is 6.54 Å². The zero-order valence-corrected chi connectivity index (χ0v) is 10.3. The Morgan fingerprint density at radius 1 is 1.38 bits per heavy atom. The first-order valence-electron chi connectivity index (χ1n) is 4.82. The zero-order valence-electron chi connectivity index (χ0n) is 9.43. The lowest BCUT2D eigenvalue weighted by atomic mass is 10.2. The van der Waals surface area contributed by atoms with Crippen molar-refractivity contribution in [2.75, 3.05) is 27.2 Å². The molecule has 1 aromatic rings. The highest BCUT2D eigenvalue weighted by Gasteiger charge is 2.08. The molecule has 0 saturated carbocycles. The first-order chi connectivity index (χ1) is 7.11. The Kier molecular flexibility index (Phi) is 6.53. The van der Waals surface area contributed by atoms with Crippen LogP contribution in [0.1, 0.15) is 10.4 Å². The number of nitrogens with one attached hydrogen (secondary N) is 1. The van der Waals surface area contributed by atoms with Crippen LogP contribution in [0.3, 0.4) is 0 Å². The van der Waals surface area contributed by atoms with Crippen molar-refractivity contribution in [1.29, 1.82) is 0 Å². The molecule has 0 atom stereocenters. The molecule has 0 bridgehead atoms. The van der Waals surface area contributed by atoms with Gasteiger partial charge in [-0.05, 0) is 26.2 Å². The summed E-state index contributed by atoms with van der Waals surface area (Å²) in [5.41, 5.74) is 0.316. The Morgan fingerprint density at radius 3 is 2.56 bits per heavy atom. The SMILES string of the molecule is CN(C)CCNC(=O)c1ccccc1O.Cl. The van der Waals surface area contributed by atoms with Gasteiger partial charge in [0.1, 0.15) is 5.75 Å². The van der Waals surface area contributed by atoms with Crippen molar-refractivity contribution in [2.45, 2.75) is 0 Å². The van der Waals surface area contributed by atoms with E-state index in [1.165, 1.54) is 6.07 Å². The van der Waals surface area contributed by atoms with Crippen molar-refractivity contribution in [3.8, 4) is 5.75 Å². The van der Waals surface area contributed by atoms with Gasteiger partial charge in [-0.15, -0.1) is 12.4 Å². The maximum Gasteiger partial charge on any atom is 0.255 e. The molecule has 16 heavy (non-hydrogen) atoms. The number of para-hydroxylation sites is 1. The minimum absolute atomic E-state index is 0. The zero-order chi connectivity index (χ0) is 11.3. The van der Waals surface area contributed by atoms with Gasteiger partial charge >= 0.3 is 0 Å². The van der Waals surface area contributed by atoms with Gasteiger partial charge in [-0.2, -0.15) is 0 Å². The number of amides is 1. The number of nitrogens with zero attached hydrogens (tertiary/aromatic N) is 1. The fourth-order valence-corrected chi connectivity index (χ4v) is 1.15. The van der Waals surface area contributed by atoms with Crippen LogP contribution in [0.5, 0.6) is 5.75 Å². The Morgan fingerprint density at radius 2 is 2.00 bits per heavy atom. The van der Waals surface area contributed by atoms with Gasteiger partial charge in [0, 0.05) is 13.1 Å². The van der Waals surface area contributed by atoms with Crippen molar-refractivity contribution < 1.29 is 9.90 Å². The number of carbonyl (C=O) groups excluding carboxylic acids is 1. The molecule has 0 radical (unpaired) electrons. The van der Waals surface area contributed by atoms with Crippen molar-refractivity contribution in [3.05, 3.63) is 29.8 Å². The van der Waals surface area contributed by atoms with Crippen LogP contribution in [-0.2, 0) is 0 Å². The molecule has 1 aromatic carbocycles. The van der Waals surface area contributed by atoms with Gasteiger partial charge in [0.15, 0.2) is 0 Å². The lowest BCUT2D eigenvalue weighted by Gasteiger charge is -2.10. The molecule has 1 rings (SSSR count). The Labute approximate surface area is 102 Å². The van der Waals surface area contributed by atoms with E-state index < -0.39 is 0 Å². The number of hydrogen-bond acceptors (Lipinski definition) is 3. The summed E-state index contributed by atoms with van der Waals surface area (Å²) in [5, 5.41) is 12.1.